The van der Waals surface area contributed by atoms with E-state index in [1.54, 1.807) is 30.5 Å². The highest BCUT2D eigenvalue weighted by molar-refractivity contribution is 7.08. The number of thiophene rings is 1. The third kappa shape index (κ3) is 4.76. The summed E-state index contributed by atoms with van der Waals surface area (Å²) < 4.78 is 5.56. The third-order valence-corrected chi connectivity index (χ3v) is 4.37. The summed E-state index contributed by atoms with van der Waals surface area (Å²) in [6.45, 7) is 0. The number of hydrogen-bond donors (Lipinski definition) is 2. The number of aryl methyl sites for hydroxylation is 1. The average molecular weight is 370 g/mol. The lowest BCUT2D eigenvalue weighted by atomic mass is 10.1. The van der Waals surface area contributed by atoms with Crippen molar-refractivity contribution < 1.29 is 14.0 Å². The Morgan fingerprint density at radius 2 is 1.92 bits per heavy atom. The quantitative estimate of drug-likeness (QED) is 0.666. The van der Waals surface area contributed by atoms with Crippen LogP contribution in [0, 0.1) is 0 Å². The summed E-state index contributed by atoms with van der Waals surface area (Å²) in [5.41, 5.74) is 2.45. The van der Waals surface area contributed by atoms with Crippen molar-refractivity contribution >= 4 is 28.8 Å². The molecule has 0 unspecified atom stereocenters. The van der Waals surface area contributed by atoms with Crippen LogP contribution in [0.15, 0.2) is 45.5 Å². The molecule has 0 saturated heterocycles. The zero-order valence-corrected chi connectivity index (χ0v) is 15.0. The molecule has 0 fully saturated rings. The summed E-state index contributed by atoms with van der Waals surface area (Å²) in [6.07, 6.45) is 0.928. The van der Waals surface area contributed by atoms with E-state index in [0.29, 0.717) is 30.3 Å². The van der Waals surface area contributed by atoms with Crippen LogP contribution in [-0.2, 0) is 22.4 Å². The maximum absolute atomic E-state index is 12.1. The van der Waals surface area contributed by atoms with Crippen molar-refractivity contribution in [1.82, 2.24) is 15.5 Å². The van der Waals surface area contributed by atoms with Crippen LogP contribution in [0.25, 0.3) is 11.5 Å². The predicted octanol–water partition coefficient (Wildman–Crippen LogP) is 2.66. The summed E-state index contributed by atoms with van der Waals surface area (Å²) in [4.78, 5) is 23.4. The lowest BCUT2D eigenvalue weighted by Crippen LogP contribution is -2.19. The van der Waals surface area contributed by atoms with Crippen molar-refractivity contribution in [2.75, 3.05) is 12.4 Å². The van der Waals surface area contributed by atoms with E-state index < -0.39 is 0 Å². The first-order valence-electron chi connectivity index (χ1n) is 8.08. The molecular formula is C18H18N4O3S. The molecule has 0 aliphatic rings. The number of nitrogens with zero attached hydrogens (tertiary/aromatic N) is 2. The van der Waals surface area contributed by atoms with Gasteiger partial charge in [-0.1, -0.05) is 12.1 Å². The predicted molar refractivity (Wildman–Crippen MR) is 98.8 cm³/mol. The molecule has 0 saturated carbocycles. The molecular weight excluding hydrogens is 352 g/mol. The van der Waals surface area contributed by atoms with Crippen LogP contribution in [0.3, 0.4) is 0 Å². The van der Waals surface area contributed by atoms with Crippen molar-refractivity contribution in [3.8, 4) is 11.5 Å². The van der Waals surface area contributed by atoms with Crippen LogP contribution in [0.2, 0.25) is 0 Å². The molecule has 134 valence electrons. The van der Waals surface area contributed by atoms with Gasteiger partial charge in [-0.3, -0.25) is 9.59 Å². The Morgan fingerprint density at radius 3 is 2.62 bits per heavy atom. The number of hydrogen-bond acceptors (Lipinski definition) is 6. The Labute approximate surface area is 154 Å². The van der Waals surface area contributed by atoms with Gasteiger partial charge in [0.05, 0.1) is 6.42 Å². The maximum atomic E-state index is 12.1. The van der Waals surface area contributed by atoms with Crippen LogP contribution >= 0.6 is 11.3 Å². The minimum Gasteiger partial charge on any atom is -0.421 e. The second-order valence-electron chi connectivity index (χ2n) is 5.61. The van der Waals surface area contributed by atoms with Crippen molar-refractivity contribution in [1.29, 1.82) is 0 Å². The summed E-state index contributed by atoms with van der Waals surface area (Å²) >= 11 is 1.55. The lowest BCUT2D eigenvalue weighted by Gasteiger charge is -2.06. The summed E-state index contributed by atoms with van der Waals surface area (Å²) in [5, 5.41) is 17.2. The van der Waals surface area contributed by atoms with Gasteiger partial charge in [0.15, 0.2) is 0 Å². The van der Waals surface area contributed by atoms with E-state index in [-0.39, 0.29) is 18.2 Å². The van der Waals surface area contributed by atoms with Crippen LogP contribution < -0.4 is 10.6 Å². The topological polar surface area (TPSA) is 97.1 Å². The van der Waals surface area contributed by atoms with Gasteiger partial charge >= 0.3 is 0 Å². The maximum Gasteiger partial charge on any atom is 0.248 e. The fourth-order valence-electron chi connectivity index (χ4n) is 2.28. The van der Waals surface area contributed by atoms with E-state index in [1.807, 2.05) is 29.0 Å². The molecule has 2 N–H and O–H groups in total. The lowest BCUT2D eigenvalue weighted by molar-refractivity contribution is -0.120. The molecule has 7 nitrogen and oxygen atoms in total. The van der Waals surface area contributed by atoms with Crippen LogP contribution in [0.1, 0.15) is 17.9 Å². The average Bonchev–Trinajstić information content (AvgIpc) is 3.33. The molecule has 0 spiro atoms. The minimum atomic E-state index is -0.140. The van der Waals surface area contributed by atoms with Crippen molar-refractivity contribution in [2.24, 2.45) is 0 Å². The Balaban J connectivity index is 1.49. The Bertz CT molecular complexity index is 872. The number of carbonyl (C=O) groups excluding carboxylic acids is 2. The van der Waals surface area contributed by atoms with E-state index in [2.05, 4.69) is 20.8 Å². The normalized spacial score (nSPS) is 10.5. The largest absolute Gasteiger partial charge is 0.421 e. The van der Waals surface area contributed by atoms with Gasteiger partial charge in [-0.2, -0.15) is 11.3 Å². The minimum absolute atomic E-state index is 0.0526. The number of anilines is 1. The fourth-order valence-corrected chi connectivity index (χ4v) is 2.91. The van der Waals surface area contributed by atoms with Crippen molar-refractivity contribution in [3.05, 3.63) is 52.5 Å². The monoisotopic (exact) mass is 370 g/mol. The summed E-state index contributed by atoms with van der Waals surface area (Å²) in [6, 6.07) is 9.09. The first-order chi connectivity index (χ1) is 12.6. The number of benzene rings is 1. The molecule has 2 aromatic heterocycles. The van der Waals surface area contributed by atoms with Gasteiger partial charge in [0.1, 0.15) is 0 Å². The molecule has 3 rings (SSSR count). The van der Waals surface area contributed by atoms with Gasteiger partial charge in [-0.15, -0.1) is 10.2 Å². The second kappa shape index (κ2) is 8.39. The zero-order valence-electron chi connectivity index (χ0n) is 14.2. The van der Waals surface area contributed by atoms with Crippen LogP contribution in [-0.4, -0.2) is 29.1 Å². The summed E-state index contributed by atoms with van der Waals surface area (Å²) in [5.74, 6) is 0.707. The van der Waals surface area contributed by atoms with Crippen molar-refractivity contribution in [3.63, 3.8) is 0 Å². The number of nitrogens with one attached hydrogen (secondary N) is 2. The molecule has 0 radical (unpaired) electrons. The molecule has 0 aliphatic heterocycles. The number of aromatic nitrogens is 2. The number of rotatable bonds is 7. The van der Waals surface area contributed by atoms with Gasteiger partial charge in [0.25, 0.3) is 0 Å². The molecule has 2 amide bonds. The number of amides is 2. The molecule has 1 aromatic carbocycles. The highest BCUT2D eigenvalue weighted by atomic mass is 32.1. The van der Waals surface area contributed by atoms with E-state index in [9.17, 15) is 9.59 Å². The van der Waals surface area contributed by atoms with Crippen LogP contribution in [0.4, 0.5) is 5.69 Å². The molecule has 8 heteroatoms. The molecule has 3 aromatic rings. The SMILES string of the molecule is CNC(=O)Cc1ccc(NC(=O)CCc2nnc(-c3ccsc3)o2)cc1. The molecule has 0 bridgehead atoms. The Hall–Kier alpha value is -3.00. The van der Waals surface area contributed by atoms with Gasteiger partial charge < -0.3 is 15.1 Å². The van der Waals surface area contributed by atoms with E-state index in [4.69, 9.17) is 4.42 Å². The van der Waals surface area contributed by atoms with E-state index in [1.165, 1.54) is 0 Å². The standard InChI is InChI=1S/C18H18N4O3S/c1-19-16(24)10-12-2-4-14(5-3-12)20-15(23)6-7-17-21-22-18(25-17)13-8-9-26-11-13/h2-5,8-9,11H,6-7,10H2,1H3,(H,19,24)(H,20,23). The van der Waals surface area contributed by atoms with E-state index in [0.717, 1.165) is 11.1 Å². The Kier molecular flexibility index (Phi) is 5.75. The highest BCUT2D eigenvalue weighted by Gasteiger charge is 2.11. The number of likely N-dealkylation sites (N-methyl/N-ethyl adjacent to an activating group) is 1. The summed E-state index contributed by atoms with van der Waals surface area (Å²) in [7, 11) is 1.60. The highest BCUT2D eigenvalue weighted by Crippen LogP contribution is 2.20. The molecule has 2 heterocycles. The first-order valence-corrected chi connectivity index (χ1v) is 9.02. The van der Waals surface area contributed by atoms with Crippen molar-refractivity contribution in [2.45, 2.75) is 19.3 Å². The molecule has 0 aliphatic carbocycles. The second-order valence-corrected chi connectivity index (χ2v) is 6.39. The van der Waals surface area contributed by atoms with Gasteiger partial charge in [-0.05, 0) is 29.1 Å². The van der Waals surface area contributed by atoms with Crippen LogP contribution in [0.5, 0.6) is 0 Å². The van der Waals surface area contributed by atoms with Gasteiger partial charge in [-0.25, -0.2) is 0 Å². The smallest absolute Gasteiger partial charge is 0.248 e. The van der Waals surface area contributed by atoms with Gasteiger partial charge in [0, 0.05) is 36.5 Å². The third-order valence-electron chi connectivity index (χ3n) is 3.68. The van der Waals surface area contributed by atoms with Gasteiger partial charge in [0.2, 0.25) is 23.6 Å². The Morgan fingerprint density at radius 1 is 1.12 bits per heavy atom. The van der Waals surface area contributed by atoms with E-state index >= 15 is 0 Å². The molecule has 26 heavy (non-hydrogen) atoms. The molecule has 0 atom stereocenters. The fraction of sp³-hybridized carbons (Fsp3) is 0.222. The first kappa shape index (κ1) is 17.8. The zero-order chi connectivity index (χ0) is 18.4. The number of carbonyl (C=O) groups is 2.